The summed E-state index contributed by atoms with van der Waals surface area (Å²) in [5.74, 6) is 0.583. The zero-order chi connectivity index (χ0) is 20.1. The summed E-state index contributed by atoms with van der Waals surface area (Å²) in [6.07, 6.45) is 1.85. The third kappa shape index (κ3) is 4.95. The number of carbonyl (C=O) groups excluding carboxylic acids is 1. The third-order valence-corrected chi connectivity index (χ3v) is 5.27. The van der Waals surface area contributed by atoms with Gasteiger partial charge in [-0.05, 0) is 48.5 Å². The molecular formula is C24H20N2O2S. The second-order valence-corrected chi connectivity index (χ2v) is 7.66. The zero-order valence-electron chi connectivity index (χ0n) is 16.0. The number of nitrogens with zero attached hydrogens (tertiary/aromatic N) is 1. The highest BCUT2D eigenvalue weighted by Gasteiger charge is 2.24. The average Bonchev–Trinajstić information content (AvgIpc) is 3.08. The number of amidine groups is 1. The quantitative estimate of drug-likeness (QED) is 0.578. The van der Waals surface area contributed by atoms with Crippen molar-refractivity contribution in [1.82, 2.24) is 5.32 Å². The fraction of sp³-hybridized carbons (Fsp3) is 0.0833. The molecule has 1 amide bonds. The average molecular weight is 401 g/mol. The summed E-state index contributed by atoms with van der Waals surface area (Å²) in [7, 11) is 0. The van der Waals surface area contributed by atoms with Crippen LogP contribution in [0.1, 0.15) is 16.7 Å². The maximum Gasteiger partial charge on any atom is 0.264 e. The molecule has 0 saturated carbocycles. The normalized spacial score (nSPS) is 16.2. The molecule has 1 aliphatic heterocycles. The molecule has 1 aliphatic rings. The number of nitrogens with one attached hydrogen (secondary N) is 1. The van der Waals surface area contributed by atoms with Gasteiger partial charge < -0.3 is 10.1 Å². The van der Waals surface area contributed by atoms with Gasteiger partial charge in [0.2, 0.25) is 0 Å². The topological polar surface area (TPSA) is 50.7 Å². The predicted octanol–water partition coefficient (Wildman–Crippen LogP) is 5.47. The Morgan fingerprint density at radius 1 is 0.966 bits per heavy atom. The largest absolute Gasteiger partial charge is 0.488 e. The lowest BCUT2D eigenvalue weighted by atomic mass is 10.2. The van der Waals surface area contributed by atoms with E-state index in [2.05, 4.69) is 10.3 Å². The summed E-state index contributed by atoms with van der Waals surface area (Å²) in [4.78, 5) is 17.5. The number of carbonyl (C=O) groups is 1. The van der Waals surface area contributed by atoms with Crippen molar-refractivity contribution in [3.05, 3.63) is 100 Å². The van der Waals surface area contributed by atoms with Crippen molar-refractivity contribution in [1.29, 1.82) is 0 Å². The van der Waals surface area contributed by atoms with Crippen LogP contribution in [0.5, 0.6) is 5.75 Å². The van der Waals surface area contributed by atoms with Crippen molar-refractivity contribution in [2.75, 3.05) is 0 Å². The Labute approximate surface area is 174 Å². The first kappa shape index (κ1) is 19.0. The van der Waals surface area contributed by atoms with Crippen molar-refractivity contribution in [2.45, 2.75) is 13.5 Å². The molecule has 0 radical (unpaired) electrons. The van der Waals surface area contributed by atoms with Gasteiger partial charge in [0.25, 0.3) is 5.91 Å². The summed E-state index contributed by atoms with van der Waals surface area (Å²) in [5.41, 5.74) is 3.93. The predicted molar refractivity (Wildman–Crippen MR) is 119 cm³/mol. The summed E-state index contributed by atoms with van der Waals surface area (Å²) >= 11 is 1.33. The maximum atomic E-state index is 12.4. The van der Waals surface area contributed by atoms with Crippen LogP contribution in [0.25, 0.3) is 6.08 Å². The van der Waals surface area contributed by atoms with E-state index in [-0.39, 0.29) is 5.91 Å². The van der Waals surface area contributed by atoms with Gasteiger partial charge in [0, 0.05) is 5.56 Å². The lowest BCUT2D eigenvalue weighted by Crippen LogP contribution is -2.19. The van der Waals surface area contributed by atoms with Crippen LogP contribution >= 0.6 is 11.8 Å². The molecule has 4 rings (SSSR count). The molecule has 4 nitrogen and oxygen atoms in total. The van der Waals surface area contributed by atoms with Crippen molar-refractivity contribution >= 4 is 34.6 Å². The number of benzene rings is 3. The van der Waals surface area contributed by atoms with E-state index in [4.69, 9.17) is 4.74 Å². The van der Waals surface area contributed by atoms with E-state index in [9.17, 15) is 4.79 Å². The van der Waals surface area contributed by atoms with Gasteiger partial charge in [-0.3, -0.25) is 4.79 Å². The summed E-state index contributed by atoms with van der Waals surface area (Å²) in [6, 6.07) is 25.6. The minimum Gasteiger partial charge on any atom is -0.488 e. The molecular weight excluding hydrogens is 380 g/mol. The van der Waals surface area contributed by atoms with E-state index >= 15 is 0 Å². The van der Waals surface area contributed by atoms with Gasteiger partial charge in [-0.1, -0.05) is 66.2 Å². The Kier molecular flexibility index (Phi) is 5.77. The standard InChI is InChI=1S/C24H20N2O2S/c1-17-11-13-20(14-12-17)25-24-26-23(27)22(29-24)15-19-9-5-6-10-21(19)28-16-18-7-3-2-4-8-18/h2-15H,16H2,1H3,(H,25,26,27)/b22-15-. The van der Waals surface area contributed by atoms with Crippen LogP contribution in [-0.4, -0.2) is 11.1 Å². The number of rotatable bonds is 5. The highest BCUT2D eigenvalue weighted by Crippen LogP contribution is 2.30. The molecule has 29 heavy (non-hydrogen) atoms. The van der Waals surface area contributed by atoms with Crippen molar-refractivity contribution < 1.29 is 9.53 Å². The molecule has 1 saturated heterocycles. The smallest absolute Gasteiger partial charge is 0.264 e. The first-order valence-electron chi connectivity index (χ1n) is 9.29. The van der Waals surface area contributed by atoms with Crippen LogP contribution in [0.15, 0.2) is 88.8 Å². The Morgan fingerprint density at radius 2 is 1.69 bits per heavy atom. The molecule has 0 unspecified atom stereocenters. The first-order valence-corrected chi connectivity index (χ1v) is 10.1. The Morgan fingerprint density at radius 3 is 2.48 bits per heavy atom. The van der Waals surface area contributed by atoms with Crippen LogP contribution in [-0.2, 0) is 11.4 Å². The number of hydrogen-bond donors (Lipinski definition) is 1. The van der Waals surface area contributed by atoms with Gasteiger partial charge in [-0.2, -0.15) is 0 Å². The molecule has 0 aliphatic carbocycles. The molecule has 144 valence electrons. The van der Waals surface area contributed by atoms with E-state index in [0.29, 0.717) is 16.7 Å². The number of hydrogen-bond acceptors (Lipinski definition) is 4. The first-order chi connectivity index (χ1) is 14.2. The van der Waals surface area contributed by atoms with E-state index in [1.165, 1.54) is 17.3 Å². The van der Waals surface area contributed by atoms with Gasteiger partial charge in [-0.25, -0.2) is 4.99 Å². The highest BCUT2D eigenvalue weighted by atomic mass is 32.2. The number of aryl methyl sites for hydroxylation is 1. The SMILES string of the molecule is Cc1ccc(N=C2NC(=O)/C(=C/c3ccccc3OCc3ccccc3)S2)cc1. The number of ether oxygens (including phenoxy) is 1. The van der Waals surface area contributed by atoms with E-state index in [0.717, 1.165) is 22.6 Å². The van der Waals surface area contributed by atoms with Crippen LogP contribution in [0, 0.1) is 6.92 Å². The number of amides is 1. The molecule has 1 N–H and O–H groups in total. The van der Waals surface area contributed by atoms with Gasteiger partial charge >= 0.3 is 0 Å². The fourth-order valence-corrected chi connectivity index (χ4v) is 3.66. The molecule has 0 spiro atoms. The van der Waals surface area contributed by atoms with E-state index in [1.807, 2.05) is 91.9 Å². The highest BCUT2D eigenvalue weighted by molar-refractivity contribution is 8.18. The molecule has 3 aromatic rings. The maximum absolute atomic E-state index is 12.4. The van der Waals surface area contributed by atoms with Crippen molar-refractivity contribution in [2.24, 2.45) is 4.99 Å². The van der Waals surface area contributed by atoms with E-state index < -0.39 is 0 Å². The summed E-state index contributed by atoms with van der Waals surface area (Å²) in [5, 5.41) is 3.41. The summed E-state index contributed by atoms with van der Waals surface area (Å²) in [6.45, 7) is 2.50. The number of thioether (sulfide) groups is 1. The molecule has 0 bridgehead atoms. The third-order valence-electron chi connectivity index (χ3n) is 4.36. The second kappa shape index (κ2) is 8.80. The monoisotopic (exact) mass is 400 g/mol. The van der Waals surface area contributed by atoms with Gasteiger partial charge in [0.1, 0.15) is 12.4 Å². The Balaban J connectivity index is 1.52. The van der Waals surface area contributed by atoms with Gasteiger partial charge in [0.05, 0.1) is 10.6 Å². The number of para-hydroxylation sites is 1. The molecule has 1 heterocycles. The van der Waals surface area contributed by atoms with Crippen LogP contribution in [0.4, 0.5) is 5.69 Å². The minimum atomic E-state index is -0.154. The lowest BCUT2D eigenvalue weighted by Gasteiger charge is -2.09. The lowest BCUT2D eigenvalue weighted by molar-refractivity contribution is -0.115. The zero-order valence-corrected chi connectivity index (χ0v) is 16.8. The summed E-state index contributed by atoms with van der Waals surface area (Å²) < 4.78 is 5.99. The Bertz CT molecular complexity index is 1070. The van der Waals surface area contributed by atoms with Crippen LogP contribution in [0.2, 0.25) is 0 Å². The molecule has 0 atom stereocenters. The van der Waals surface area contributed by atoms with Crippen LogP contribution in [0.3, 0.4) is 0 Å². The second-order valence-electron chi connectivity index (χ2n) is 6.63. The molecule has 1 fully saturated rings. The van der Waals surface area contributed by atoms with Crippen molar-refractivity contribution in [3.63, 3.8) is 0 Å². The minimum absolute atomic E-state index is 0.154. The van der Waals surface area contributed by atoms with Crippen LogP contribution < -0.4 is 10.1 Å². The van der Waals surface area contributed by atoms with Gasteiger partial charge in [0.15, 0.2) is 5.17 Å². The molecule has 5 heteroatoms. The fourth-order valence-electron chi connectivity index (χ4n) is 2.82. The molecule has 0 aromatic heterocycles. The van der Waals surface area contributed by atoms with E-state index in [1.54, 1.807) is 0 Å². The molecule has 3 aromatic carbocycles. The van der Waals surface area contributed by atoms with Crippen molar-refractivity contribution in [3.8, 4) is 5.75 Å². The number of aliphatic imine (C=N–C) groups is 1. The van der Waals surface area contributed by atoms with Gasteiger partial charge in [-0.15, -0.1) is 0 Å². The Hall–Kier alpha value is -3.31.